The number of hydrogen-bond acceptors (Lipinski definition) is 2. The highest BCUT2D eigenvalue weighted by Gasteiger charge is 2.17. The molecule has 0 aromatic heterocycles. The van der Waals surface area contributed by atoms with Crippen molar-refractivity contribution >= 4 is 11.8 Å². The van der Waals surface area contributed by atoms with E-state index < -0.39 is 11.9 Å². The summed E-state index contributed by atoms with van der Waals surface area (Å²) >= 11 is 0. The summed E-state index contributed by atoms with van der Waals surface area (Å²) in [5.41, 5.74) is 1.51. The average Bonchev–Trinajstić information content (AvgIpc) is 2.18. The van der Waals surface area contributed by atoms with Gasteiger partial charge < -0.3 is 5.11 Å². The Morgan fingerprint density at radius 2 is 1.93 bits per heavy atom. The molecule has 0 saturated heterocycles. The van der Waals surface area contributed by atoms with Crippen molar-refractivity contribution in [3.05, 3.63) is 35.4 Å². The molecule has 0 bridgehead atoms. The molecule has 80 valence electrons. The fourth-order valence-corrected chi connectivity index (χ4v) is 1.36. The molecule has 3 heteroatoms. The van der Waals surface area contributed by atoms with Crippen LogP contribution >= 0.6 is 0 Å². The Hall–Kier alpha value is -1.64. The van der Waals surface area contributed by atoms with Gasteiger partial charge in [0, 0.05) is 12.0 Å². The Morgan fingerprint density at radius 3 is 2.47 bits per heavy atom. The minimum atomic E-state index is -0.933. The van der Waals surface area contributed by atoms with Gasteiger partial charge in [-0.2, -0.15) is 0 Å². The van der Waals surface area contributed by atoms with Gasteiger partial charge in [-0.05, 0) is 12.5 Å². The average molecular weight is 206 g/mol. The number of aliphatic carboxylic acids is 1. The van der Waals surface area contributed by atoms with Crippen molar-refractivity contribution in [2.24, 2.45) is 5.92 Å². The highest BCUT2D eigenvalue weighted by atomic mass is 16.4. The van der Waals surface area contributed by atoms with Crippen LogP contribution in [0, 0.1) is 12.8 Å². The summed E-state index contributed by atoms with van der Waals surface area (Å²) in [5.74, 6) is -1.67. The SMILES string of the molecule is Cc1ccccc1C(=O)CC(C)C(=O)O. The van der Waals surface area contributed by atoms with Crippen molar-refractivity contribution in [2.45, 2.75) is 20.3 Å². The van der Waals surface area contributed by atoms with Crippen molar-refractivity contribution in [1.29, 1.82) is 0 Å². The summed E-state index contributed by atoms with van der Waals surface area (Å²) in [7, 11) is 0. The first-order valence-electron chi connectivity index (χ1n) is 4.84. The lowest BCUT2D eigenvalue weighted by Crippen LogP contribution is -2.15. The predicted octanol–water partition coefficient (Wildman–Crippen LogP) is 2.29. The van der Waals surface area contributed by atoms with Crippen molar-refractivity contribution in [2.75, 3.05) is 0 Å². The zero-order chi connectivity index (χ0) is 11.4. The summed E-state index contributed by atoms with van der Waals surface area (Å²) < 4.78 is 0. The molecule has 0 amide bonds. The molecule has 1 unspecified atom stereocenters. The van der Waals surface area contributed by atoms with Gasteiger partial charge >= 0.3 is 5.97 Å². The Balaban J connectivity index is 2.78. The maximum atomic E-state index is 11.7. The van der Waals surface area contributed by atoms with Gasteiger partial charge in [0.25, 0.3) is 0 Å². The first-order chi connectivity index (χ1) is 7.02. The molecule has 0 aliphatic heterocycles. The highest BCUT2D eigenvalue weighted by molar-refractivity contribution is 5.99. The van der Waals surface area contributed by atoms with Gasteiger partial charge in [0.2, 0.25) is 0 Å². The van der Waals surface area contributed by atoms with Gasteiger partial charge in [-0.15, -0.1) is 0 Å². The fourth-order valence-electron chi connectivity index (χ4n) is 1.36. The Morgan fingerprint density at radius 1 is 1.33 bits per heavy atom. The van der Waals surface area contributed by atoms with Gasteiger partial charge in [-0.1, -0.05) is 31.2 Å². The maximum Gasteiger partial charge on any atom is 0.306 e. The van der Waals surface area contributed by atoms with Crippen LogP contribution < -0.4 is 0 Å². The lowest BCUT2D eigenvalue weighted by molar-refractivity contribution is -0.141. The summed E-state index contributed by atoms with van der Waals surface area (Å²) in [6.45, 7) is 3.39. The molecule has 0 heterocycles. The van der Waals surface area contributed by atoms with E-state index in [9.17, 15) is 9.59 Å². The number of Topliss-reactive ketones (excluding diaryl/α,β-unsaturated/α-hetero) is 1. The van der Waals surface area contributed by atoms with Crippen LogP contribution in [0.5, 0.6) is 0 Å². The molecule has 0 saturated carbocycles. The number of carbonyl (C=O) groups is 2. The first-order valence-corrected chi connectivity index (χ1v) is 4.84. The second-order valence-electron chi connectivity index (χ2n) is 3.68. The molecule has 15 heavy (non-hydrogen) atoms. The van der Waals surface area contributed by atoms with E-state index in [-0.39, 0.29) is 12.2 Å². The van der Waals surface area contributed by atoms with Crippen molar-refractivity contribution in [3.63, 3.8) is 0 Å². The lowest BCUT2D eigenvalue weighted by atomic mass is 9.97. The topological polar surface area (TPSA) is 54.4 Å². The number of carbonyl (C=O) groups excluding carboxylic acids is 1. The number of aryl methyl sites for hydroxylation is 1. The number of carboxylic acids is 1. The van der Waals surface area contributed by atoms with Crippen LogP contribution in [0.15, 0.2) is 24.3 Å². The third-order valence-electron chi connectivity index (χ3n) is 2.36. The van der Waals surface area contributed by atoms with E-state index in [1.165, 1.54) is 0 Å². The largest absolute Gasteiger partial charge is 0.481 e. The van der Waals surface area contributed by atoms with E-state index in [0.29, 0.717) is 5.56 Å². The van der Waals surface area contributed by atoms with Crippen molar-refractivity contribution < 1.29 is 14.7 Å². The molecule has 0 radical (unpaired) electrons. The van der Waals surface area contributed by atoms with E-state index in [0.717, 1.165) is 5.56 Å². The molecule has 1 rings (SSSR count). The number of benzene rings is 1. The molecule has 1 atom stereocenters. The fraction of sp³-hybridized carbons (Fsp3) is 0.333. The van der Waals surface area contributed by atoms with Gasteiger partial charge in [-0.25, -0.2) is 0 Å². The van der Waals surface area contributed by atoms with Gasteiger partial charge in [0.1, 0.15) is 0 Å². The van der Waals surface area contributed by atoms with E-state index in [1.807, 2.05) is 19.1 Å². The van der Waals surface area contributed by atoms with Crippen LogP contribution in [0.2, 0.25) is 0 Å². The van der Waals surface area contributed by atoms with Gasteiger partial charge in [-0.3, -0.25) is 9.59 Å². The molecular weight excluding hydrogens is 192 g/mol. The Kier molecular flexibility index (Phi) is 3.61. The monoisotopic (exact) mass is 206 g/mol. The molecule has 1 aromatic carbocycles. The number of carboxylic acid groups (broad SMARTS) is 1. The second kappa shape index (κ2) is 4.73. The Bertz CT molecular complexity index is 382. The summed E-state index contributed by atoms with van der Waals surface area (Å²) in [6, 6.07) is 7.21. The van der Waals surface area contributed by atoms with Crippen LogP contribution in [0.1, 0.15) is 29.3 Å². The molecule has 1 N–H and O–H groups in total. The summed E-state index contributed by atoms with van der Waals surface area (Å²) in [4.78, 5) is 22.3. The molecule has 3 nitrogen and oxygen atoms in total. The van der Waals surface area contributed by atoms with Crippen LogP contribution in [0.3, 0.4) is 0 Å². The van der Waals surface area contributed by atoms with Crippen molar-refractivity contribution in [3.8, 4) is 0 Å². The van der Waals surface area contributed by atoms with E-state index >= 15 is 0 Å². The molecule has 0 aliphatic carbocycles. The smallest absolute Gasteiger partial charge is 0.306 e. The standard InChI is InChI=1S/C12H14O3/c1-8-5-3-4-6-10(8)11(13)7-9(2)12(14)15/h3-6,9H,7H2,1-2H3,(H,14,15). The first kappa shape index (κ1) is 11.4. The molecule has 0 spiro atoms. The van der Waals surface area contributed by atoms with Crippen LogP contribution in [-0.2, 0) is 4.79 Å². The molecular formula is C12H14O3. The lowest BCUT2D eigenvalue weighted by Gasteiger charge is -2.07. The third kappa shape index (κ3) is 2.91. The molecule has 0 aliphatic rings. The van der Waals surface area contributed by atoms with Crippen LogP contribution in [0.4, 0.5) is 0 Å². The highest BCUT2D eigenvalue weighted by Crippen LogP contribution is 2.13. The van der Waals surface area contributed by atoms with Gasteiger partial charge in [0.05, 0.1) is 5.92 Å². The molecule has 1 aromatic rings. The number of rotatable bonds is 4. The van der Waals surface area contributed by atoms with Gasteiger partial charge in [0.15, 0.2) is 5.78 Å². The second-order valence-corrected chi connectivity index (χ2v) is 3.68. The molecule has 0 fully saturated rings. The normalized spacial score (nSPS) is 12.1. The zero-order valence-electron chi connectivity index (χ0n) is 8.86. The maximum absolute atomic E-state index is 11.7. The van der Waals surface area contributed by atoms with Crippen LogP contribution in [-0.4, -0.2) is 16.9 Å². The zero-order valence-corrected chi connectivity index (χ0v) is 8.86. The predicted molar refractivity (Wildman–Crippen MR) is 56.9 cm³/mol. The van der Waals surface area contributed by atoms with E-state index in [4.69, 9.17) is 5.11 Å². The number of hydrogen-bond donors (Lipinski definition) is 1. The van der Waals surface area contributed by atoms with E-state index in [2.05, 4.69) is 0 Å². The summed E-state index contributed by atoms with van der Waals surface area (Å²) in [6.07, 6.45) is 0.0557. The third-order valence-corrected chi connectivity index (χ3v) is 2.36. The minimum Gasteiger partial charge on any atom is -0.481 e. The Labute approximate surface area is 88.7 Å². The minimum absolute atomic E-state index is 0.0557. The van der Waals surface area contributed by atoms with Crippen molar-refractivity contribution in [1.82, 2.24) is 0 Å². The quantitative estimate of drug-likeness (QED) is 0.769. The van der Waals surface area contributed by atoms with E-state index in [1.54, 1.807) is 19.1 Å². The summed E-state index contributed by atoms with van der Waals surface area (Å²) in [5, 5.41) is 8.69. The van der Waals surface area contributed by atoms with Crippen LogP contribution in [0.25, 0.3) is 0 Å². The number of ketones is 1.